The second-order valence-corrected chi connectivity index (χ2v) is 12.2. The Labute approximate surface area is 271 Å². The predicted octanol–water partition coefficient (Wildman–Crippen LogP) is 4.10. The summed E-state index contributed by atoms with van der Waals surface area (Å²) in [4.78, 5) is 37.8. The lowest BCUT2D eigenvalue weighted by molar-refractivity contribution is -0.186. The van der Waals surface area contributed by atoms with E-state index >= 15 is 0 Å². The molecule has 4 N–H and O–H groups in total. The molecule has 1 unspecified atom stereocenters. The summed E-state index contributed by atoms with van der Waals surface area (Å²) >= 11 is 0. The molecule has 2 amide bonds. The summed E-state index contributed by atoms with van der Waals surface area (Å²) in [6.45, 7) is 12.8. The van der Waals surface area contributed by atoms with Crippen LogP contribution in [0.5, 0.6) is 0 Å². The number of ether oxygens (including phenoxy) is 6. The van der Waals surface area contributed by atoms with Gasteiger partial charge in [-0.25, -0.2) is 9.59 Å². The Morgan fingerprint density at radius 2 is 1.28 bits per heavy atom. The van der Waals surface area contributed by atoms with Gasteiger partial charge in [-0.15, -0.1) is 0 Å². The van der Waals surface area contributed by atoms with E-state index in [1.165, 1.54) is 0 Å². The molecule has 46 heavy (non-hydrogen) atoms. The Hall–Kier alpha value is -3.59. The standard InChI is InChI=1S/C33H49N3O10/c1-32(2,3)45-29(38)24-10-14-25(15-11-24)34-28(37)27(36-31(40)46-33(4,5)6)22-23-8-12-26(13-9-23)35-30(39)44-21-20-43-19-18-42-17-16-41-7/h8-15,27,31,36,40H,16-22H2,1-7H3,(H,34,37)(H,35,39)/t27-,31?/m0/s1. The predicted molar refractivity (Wildman–Crippen MR) is 173 cm³/mol. The maximum Gasteiger partial charge on any atom is 0.411 e. The number of esters is 1. The quantitative estimate of drug-likeness (QED) is 0.105. The van der Waals surface area contributed by atoms with E-state index in [0.717, 1.165) is 5.56 Å². The number of anilines is 2. The van der Waals surface area contributed by atoms with Crippen molar-refractivity contribution in [2.45, 2.75) is 71.6 Å². The third-order valence-electron chi connectivity index (χ3n) is 5.82. The first kappa shape index (κ1) is 38.6. The number of hydrogen-bond donors (Lipinski definition) is 4. The second kappa shape index (κ2) is 19.2. The Bertz CT molecular complexity index is 1210. The van der Waals surface area contributed by atoms with Gasteiger partial charge in [0.05, 0.1) is 50.2 Å². The molecule has 256 valence electrons. The van der Waals surface area contributed by atoms with Gasteiger partial charge < -0.3 is 38.8 Å². The summed E-state index contributed by atoms with van der Waals surface area (Å²) in [6, 6.07) is 12.3. The molecule has 2 aromatic carbocycles. The average molecular weight is 648 g/mol. The molecular weight excluding hydrogens is 598 g/mol. The van der Waals surface area contributed by atoms with Crippen LogP contribution in [0.2, 0.25) is 0 Å². The first-order chi connectivity index (χ1) is 21.6. The number of nitrogens with one attached hydrogen (secondary N) is 3. The largest absolute Gasteiger partial charge is 0.456 e. The average Bonchev–Trinajstić information content (AvgIpc) is 2.95. The van der Waals surface area contributed by atoms with Crippen LogP contribution in [0, 0.1) is 0 Å². The monoisotopic (exact) mass is 647 g/mol. The molecule has 0 fully saturated rings. The van der Waals surface area contributed by atoms with Crippen molar-refractivity contribution in [3.63, 3.8) is 0 Å². The number of rotatable bonds is 18. The van der Waals surface area contributed by atoms with Gasteiger partial charge in [0.1, 0.15) is 12.2 Å². The maximum atomic E-state index is 13.3. The van der Waals surface area contributed by atoms with Gasteiger partial charge in [-0.1, -0.05) is 12.1 Å². The van der Waals surface area contributed by atoms with Gasteiger partial charge in [0.15, 0.2) is 0 Å². The highest BCUT2D eigenvalue weighted by atomic mass is 16.6. The van der Waals surface area contributed by atoms with Crippen LogP contribution >= 0.6 is 0 Å². The van der Waals surface area contributed by atoms with Crippen molar-refractivity contribution in [1.82, 2.24) is 5.32 Å². The van der Waals surface area contributed by atoms with Crippen molar-refractivity contribution in [1.29, 1.82) is 0 Å². The molecule has 2 atom stereocenters. The lowest BCUT2D eigenvalue weighted by Crippen LogP contribution is -2.50. The number of aliphatic hydroxyl groups is 1. The van der Waals surface area contributed by atoms with E-state index in [4.69, 9.17) is 28.4 Å². The number of carbonyl (C=O) groups is 3. The van der Waals surface area contributed by atoms with E-state index in [-0.39, 0.29) is 19.6 Å². The van der Waals surface area contributed by atoms with Crippen molar-refractivity contribution in [2.24, 2.45) is 0 Å². The van der Waals surface area contributed by atoms with Crippen molar-refractivity contribution >= 4 is 29.3 Å². The minimum Gasteiger partial charge on any atom is -0.456 e. The molecule has 0 saturated carbocycles. The normalized spacial score (nSPS) is 13.0. The first-order valence-electron chi connectivity index (χ1n) is 15.1. The van der Waals surface area contributed by atoms with Gasteiger partial charge in [-0.3, -0.25) is 15.4 Å². The van der Waals surface area contributed by atoms with Crippen LogP contribution in [0.4, 0.5) is 16.2 Å². The number of carbonyl (C=O) groups excluding carboxylic acids is 3. The topological polar surface area (TPSA) is 163 Å². The lowest BCUT2D eigenvalue weighted by Gasteiger charge is -2.28. The van der Waals surface area contributed by atoms with E-state index in [1.807, 2.05) is 0 Å². The summed E-state index contributed by atoms with van der Waals surface area (Å²) in [5, 5.41) is 18.8. The fraction of sp³-hybridized carbons (Fsp3) is 0.545. The summed E-state index contributed by atoms with van der Waals surface area (Å²) < 4.78 is 31.6. The molecule has 2 rings (SSSR count). The molecular formula is C33H49N3O10. The molecule has 0 aliphatic heterocycles. The van der Waals surface area contributed by atoms with Gasteiger partial charge in [0.25, 0.3) is 0 Å². The fourth-order valence-corrected chi connectivity index (χ4v) is 3.80. The van der Waals surface area contributed by atoms with Crippen molar-refractivity contribution in [3.8, 4) is 0 Å². The van der Waals surface area contributed by atoms with E-state index in [2.05, 4.69) is 16.0 Å². The zero-order valence-electron chi connectivity index (χ0n) is 27.8. The highest BCUT2D eigenvalue weighted by Crippen LogP contribution is 2.17. The van der Waals surface area contributed by atoms with Gasteiger partial charge in [-0.05, 0) is 89.9 Å². The van der Waals surface area contributed by atoms with Crippen molar-refractivity contribution in [3.05, 3.63) is 59.7 Å². The van der Waals surface area contributed by atoms with Crippen LogP contribution < -0.4 is 16.0 Å². The molecule has 0 aromatic heterocycles. The van der Waals surface area contributed by atoms with Crippen LogP contribution in [0.3, 0.4) is 0 Å². The molecule has 13 nitrogen and oxygen atoms in total. The molecule has 0 bridgehead atoms. The number of benzene rings is 2. The third kappa shape index (κ3) is 16.6. The summed E-state index contributed by atoms with van der Waals surface area (Å²) in [7, 11) is 1.60. The van der Waals surface area contributed by atoms with Gasteiger partial charge in [0, 0.05) is 18.5 Å². The van der Waals surface area contributed by atoms with E-state index in [1.54, 1.807) is 97.2 Å². The molecule has 2 aromatic rings. The van der Waals surface area contributed by atoms with Crippen LogP contribution in [0.25, 0.3) is 0 Å². The molecule has 13 heteroatoms. The summed E-state index contributed by atoms with van der Waals surface area (Å²) in [6.07, 6.45) is -1.87. The number of hydrogen-bond acceptors (Lipinski definition) is 11. The third-order valence-corrected chi connectivity index (χ3v) is 5.82. The smallest absolute Gasteiger partial charge is 0.411 e. The minimum atomic E-state index is -1.42. The van der Waals surface area contributed by atoms with Gasteiger partial charge >= 0.3 is 12.1 Å². The van der Waals surface area contributed by atoms with Crippen LogP contribution in [0.1, 0.15) is 57.5 Å². The maximum absolute atomic E-state index is 13.3. The molecule has 0 aliphatic rings. The first-order valence-corrected chi connectivity index (χ1v) is 15.1. The van der Waals surface area contributed by atoms with E-state index < -0.39 is 41.6 Å². The summed E-state index contributed by atoms with van der Waals surface area (Å²) in [5.74, 6) is -0.903. The minimum absolute atomic E-state index is 0.0765. The van der Waals surface area contributed by atoms with E-state index in [0.29, 0.717) is 43.4 Å². The van der Waals surface area contributed by atoms with Crippen LogP contribution in [-0.4, -0.2) is 93.5 Å². The molecule has 0 saturated heterocycles. The Morgan fingerprint density at radius 1 is 0.739 bits per heavy atom. The van der Waals surface area contributed by atoms with Gasteiger partial charge in [0.2, 0.25) is 12.3 Å². The SMILES string of the molecule is COCCOCCOCCOC(=O)Nc1ccc(C[C@H](NC(O)OC(C)(C)C)C(=O)Nc2ccc(C(=O)OC(C)(C)C)cc2)cc1. The number of aliphatic hydroxyl groups excluding tert-OH is 1. The Balaban J connectivity index is 1.95. The van der Waals surface area contributed by atoms with Gasteiger partial charge in [-0.2, -0.15) is 0 Å². The highest BCUT2D eigenvalue weighted by Gasteiger charge is 2.25. The van der Waals surface area contributed by atoms with Crippen molar-refractivity contribution < 1.29 is 47.9 Å². The molecule has 0 heterocycles. The highest BCUT2D eigenvalue weighted by molar-refractivity contribution is 5.96. The fourth-order valence-electron chi connectivity index (χ4n) is 3.80. The van der Waals surface area contributed by atoms with Crippen LogP contribution in [0.15, 0.2) is 48.5 Å². The summed E-state index contributed by atoms with van der Waals surface area (Å²) in [5.41, 5.74) is 0.743. The zero-order chi connectivity index (χ0) is 34.2. The zero-order valence-corrected chi connectivity index (χ0v) is 27.8. The Kier molecular flexibility index (Phi) is 16.1. The lowest BCUT2D eigenvalue weighted by atomic mass is 10.0. The molecule has 0 spiro atoms. The molecule has 0 radical (unpaired) electrons. The van der Waals surface area contributed by atoms with Crippen LogP contribution in [-0.2, 0) is 39.6 Å². The Morgan fingerprint density at radius 3 is 1.85 bits per heavy atom. The second-order valence-electron chi connectivity index (χ2n) is 12.2. The van der Waals surface area contributed by atoms with E-state index in [9.17, 15) is 19.5 Å². The number of methoxy groups -OCH3 is 1. The number of amides is 2. The molecule has 0 aliphatic carbocycles. The van der Waals surface area contributed by atoms with Crippen molar-refractivity contribution in [2.75, 3.05) is 57.4 Å².